The van der Waals surface area contributed by atoms with Gasteiger partial charge < -0.3 is 10.7 Å². The molecule has 0 radical (unpaired) electrons. The van der Waals surface area contributed by atoms with Crippen LogP contribution in [0.25, 0.3) is 44.1 Å². The van der Waals surface area contributed by atoms with Gasteiger partial charge in [-0.05, 0) is 29.3 Å². The van der Waals surface area contributed by atoms with Gasteiger partial charge in [-0.2, -0.15) is 0 Å². The zero-order valence-electron chi connectivity index (χ0n) is 14.5. The summed E-state index contributed by atoms with van der Waals surface area (Å²) in [5.41, 5.74) is 13.4. The van der Waals surface area contributed by atoms with E-state index in [1.54, 1.807) is 0 Å². The minimum atomic E-state index is 0.659. The maximum atomic E-state index is 6.52. The van der Waals surface area contributed by atoms with Gasteiger partial charge in [0, 0.05) is 33.1 Å². The number of aromatic nitrogens is 1. The maximum Gasteiger partial charge on any atom is 0.0544 e. The Balaban J connectivity index is 1.85. The SMILES string of the molecule is Nc1cccc(Cl)c1-c1ccccc1-c1cccc2c1[nH]c1ccccc12. The Kier molecular flexibility index (Phi) is 3.66. The third-order valence-corrected chi connectivity index (χ3v) is 5.39. The van der Waals surface area contributed by atoms with Gasteiger partial charge in [0.1, 0.15) is 0 Å². The summed E-state index contributed by atoms with van der Waals surface area (Å²) in [5.74, 6) is 0. The van der Waals surface area contributed by atoms with Crippen molar-refractivity contribution >= 4 is 39.1 Å². The predicted molar refractivity (Wildman–Crippen MR) is 116 cm³/mol. The van der Waals surface area contributed by atoms with Gasteiger partial charge in [0.15, 0.2) is 0 Å². The van der Waals surface area contributed by atoms with Gasteiger partial charge in [-0.15, -0.1) is 0 Å². The van der Waals surface area contributed by atoms with Gasteiger partial charge in [0.05, 0.1) is 10.5 Å². The topological polar surface area (TPSA) is 41.8 Å². The highest BCUT2D eigenvalue weighted by Gasteiger charge is 2.16. The molecular weight excluding hydrogens is 352 g/mol. The number of fused-ring (bicyclic) bond motifs is 3. The zero-order valence-corrected chi connectivity index (χ0v) is 15.3. The highest BCUT2D eigenvalue weighted by atomic mass is 35.5. The molecule has 3 heteroatoms. The van der Waals surface area contributed by atoms with Gasteiger partial charge >= 0.3 is 0 Å². The monoisotopic (exact) mass is 368 g/mol. The molecule has 0 aliphatic carbocycles. The molecular formula is C24H17ClN2. The summed E-state index contributed by atoms with van der Waals surface area (Å²) < 4.78 is 0. The second-order valence-electron chi connectivity index (χ2n) is 6.65. The van der Waals surface area contributed by atoms with E-state index >= 15 is 0 Å². The second kappa shape index (κ2) is 6.19. The molecule has 0 fully saturated rings. The Morgan fingerprint density at radius 2 is 1.30 bits per heavy atom. The van der Waals surface area contributed by atoms with Crippen LogP contribution < -0.4 is 5.73 Å². The summed E-state index contributed by atoms with van der Waals surface area (Å²) in [6.45, 7) is 0. The van der Waals surface area contributed by atoms with Crippen LogP contribution in [0.1, 0.15) is 0 Å². The van der Waals surface area contributed by atoms with E-state index in [1.165, 1.54) is 10.8 Å². The molecule has 0 spiro atoms. The lowest BCUT2D eigenvalue weighted by Gasteiger charge is -2.14. The number of halogens is 1. The normalized spacial score (nSPS) is 11.3. The van der Waals surface area contributed by atoms with Crippen LogP contribution in [0.3, 0.4) is 0 Å². The molecule has 0 bridgehead atoms. The standard InChI is InChI=1S/C24H17ClN2/c25-20-12-6-13-21(26)23(20)17-9-2-1-7-15(17)18-10-5-11-19-16-8-3-4-14-22(16)27-24(18)19/h1-14,27H,26H2. The Bertz CT molecular complexity index is 1280. The molecule has 0 amide bonds. The number of nitrogens with two attached hydrogens (primary N) is 1. The predicted octanol–water partition coefficient (Wildman–Crippen LogP) is 6.89. The number of nitrogens with one attached hydrogen (secondary N) is 1. The summed E-state index contributed by atoms with van der Waals surface area (Å²) in [4.78, 5) is 3.59. The molecule has 0 saturated heterocycles. The smallest absolute Gasteiger partial charge is 0.0544 e. The van der Waals surface area contributed by atoms with Gasteiger partial charge in [-0.1, -0.05) is 78.3 Å². The fraction of sp³-hybridized carbons (Fsp3) is 0. The Morgan fingerprint density at radius 1 is 0.630 bits per heavy atom. The molecule has 27 heavy (non-hydrogen) atoms. The lowest BCUT2D eigenvalue weighted by atomic mass is 9.92. The molecule has 5 rings (SSSR count). The number of hydrogen-bond acceptors (Lipinski definition) is 1. The van der Waals surface area contributed by atoms with Crippen molar-refractivity contribution in [2.45, 2.75) is 0 Å². The summed E-state index contributed by atoms with van der Waals surface area (Å²) >= 11 is 6.52. The van der Waals surface area contributed by atoms with Crippen LogP contribution in [0.4, 0.5) is 5.69 Å². The first-order valence-corrected chi connectivity index (χ1v) is 9.25. The van der Waals surface area contributed by atoms with Crippen molar-refractivity contribution in [2.24, 2.45) is 0 Å². The summed E-state index contributed by atoms with van der Waals surface area (Å²) in [7, 11) is 0. The highest BCUT2D eigenvalue weighted by Crippen LogP contribution is 2.42. The molecule has 2 nitrogen and oxygen atoms in total. The van der Waals surface area contributed by atoms with E-state index in [-0.39, 0.29) is 0 Å². The van der Waals surface area contributed by atoms with Crippen molar-refractivity contribution in [3.8, 4) is 22.3 Å². The van der Waals surface area contributed by atoms with Crippen molar-refractivity contribution in [3.63, 3.8) is 0 Å². The summed E-state index contributed by atoms with van der Waals surface area (Å²) in [6.07, 6.45) is 0. The number of benzene rings is 4. The number of para-hydroxylation sites is 2. The highest BCUT2D eigenvalue weighted by molar-refractivity contribution is 6.34. The van der Waals surface area contributed by atoms with Crippen LogP contribution in [-0.4, -0.2) is 4.98 Å². The number of rotatable bonds is 2. The molecule has 0 aliphatic rings. The van der Waals surface area contributed by atoms with E-state index in [4.69, 9.17) is 17.3 Å². The van der Waals surface area contributed by atoms with Crippen LogP contribution in [0.5, 0.6) is 0 Å². The molecule has 3 N–H and O–H groups in total. The molecule has 0 aliphatic heterocycles. The number of aromatic amines is 1. The largest absolute Gasteiger partial charge is 0.398 e. The van der Waals surface area contributed by atoms with E-state index in [0.717, 1.165) is 33.3 Å². The van der Waals surface area contributed by atoms with Crippen molar-refractivity contribution in [1.29, 1.82) is 0 Å². The second-order valence-corrected chi connectivity index (χ2v) is 7.06. The first-order chi connectivity index (χ1) is 13.2. The van der Waals surface area contributed by atoms with Crippen LogP contribution in [0.15, 0.2) is 84.9 Å². The van der Waals surface area contributed by atoms with Crippen LogP contribution in [0, 0.1) is 0 Å². The minimum Gasteiger partial charge on any atom is -0.398 e. The summed E-state index contributed by atoms with van der Waals surface area (Å²) in [6, 6.07) is 28.7. The molecule has 0 atom stereocenters. The van der Waals surface area contributed by atoms with E-state index in [9.17, 15) is 0 Å². The van der Waals surface area contributed by atoms with Gasteiger partial charge in [0.25, 0.3) is 0 Å². The molecule has 0 saturated carbocycles. The number of H-pyrrole nitrogens is 1. The van der Waals surface area contributed by atoms with Crippen LogP contribution in [-0.2, 0) is 0 Å². The van der Waals surface area contributed by atoms with Crippen molar-refractivity contribution in [2.75, 3.05) is 5.73 Å². The molecule has 0 unspecified atom stereocenters. The van der Waals surface area contributed by atoms with Crippen molar-refractivity contribution in [3.05, 3.63) is 90.0 Å². The van der Waals surface area contributed by atoms with E-state index in [0.29, 0.717) is 10.7 Å². The Hall–Kier alpha value is -3.23. The first kappa shape index (κ1) is 16.0. The van der Waals surface area contributed by atoms with Gasteiger partial charge in [-0.3, -0.25) is 0 Å². The molecule has 1 heterocycles. The third-order valence-electron chi connectivity index (χ3n) is 5.07. The van der Waals surface area contributed by atoms with Gasteiger partial charge in [-0.25, -0.2) is 0 Å². The average Bonchev–Trinajstić information content (AvgIpc) is 3.07. The maximum absolute atomic E-state index is 6.52. The molecule has 5 aromatic rings. The van der Waals surface area contributed by atoms with E-state index in [1.807, 2.05) is 30.3 Å². The molecule has 1 aromatic heterocycles. The molecule has 4 aromatic carbocycles. The molecule has 130 valence electrons. The van der Waals surface area contributed by atoms with Crippen LogP contribution in [0.2, 0.25) is 5.02 Å². The Morgan fingerprint density at radius 3 is 2.15 bits per heavy atom. The average molecular weight is 369 g/mol. The number of anilines is 1. The fourth-order valence-electron chi connectivity index (χ4n) is 3.86. The Labute approximate surface area is 162 Å². The quantitative estimate of drug-likeness (QED) is 0.327. The van der Waals surface area contributed by atoms with E-state index in [2.05, 4.69) is 59.6 Å². The van der Waals surface area contributed by atoms with Crippen molar-refractivity contribution in [1.82, 2.24) is 4.98 Å². The van der Waals surface area contributed by atoms with Crippen molar-refractivity contribution < 1.29 is 0 Å². The zero-order chi connectivity index (χ0) is 18.4. The fourth-order valence-corrected chi connectivity index (χ4v) is 4.14. The van der Waals surface area contributed by atoms with Gasteiger partial charge in [0.2, 0.25) is 0 Å². The number of hydrogen-bond donors (Lipinski definition) is 2. The first-order valence-electron chi connectivity index (χ1n) is 8.87. The minimum absolute atomic E-state index is 0.659. The van der Waals surface area contributed by atoms with Crippen LogP contribution >= 0.6 is 11.6 Å². The summed E-state index contributed by atoms with van der Waals surface area (Å²) in [5, 5.41) is 3.10. The number of nitrogen functional groups attached to an aromatic ring is 1. The van der Waals surface area contributed by atoms with E-state index < -0.39 is 0 Å². The third kappa shape index (κ3) is 2.49. The lowest BCUT2D eigenvalue weighted by molar-refractivity contribution is 1.53. The lowest BCUT2D eigenvalue weighted by Crippen LogP contribution is -1.93.